The van der Waals surface area contributed by atoms with Gasteiger partial charge in [-0.15, -0.1) is 0 Å². The van der Waals surface area contributed by atoms with Crippen LogP contribution in [0.3, 0.4) is 0 Å². The Labute approximate surface area is 201 Å². The standard InChI is InChI=1S/C27H32N4O3/c1-2-22(20-8-3-4-9-21(20)27(32)29-25-12-5-6-13-28-25)30-14-16-31(17-15-30)23-10-7-11-24-26(23)34-19-18-33-24/h3-9,11-13,22-23H,2,10,14-19H2,1H3,(H,28,29,32). The molecule has 0 bridgehead atoms. The van der Waals surface area contributed by atoms with Gasteiger partial charge in [-0.1, -0.05) is 37.3 Å². The van der Waals surface area contributed by atoms with Crippen LogP contribution in [0.2, 0.25) is 0 Å². The number of piperazine rings is 1. The van der Waals surface area contributed by atoms with Crippen LogP contribution in [-0.4, -0.2) is 66.1 Å². The van der Waals surface area contributed by atoms with Crippen molar-refractivity contribution in [1.29, 1.82) is 0 Å². The first-order valence-corrected chi connectivity index (χ1v) is 12.2. The highest BCUT2D eigenvalue weighted by molar-refractivity contribution is 6.04. The second kappa shape index (κ2) is 10.4. The second-order valence-corrected chi connectivity index (χ2v) is 8.83. The fourth-order valence-corrected chi connectivity index (χ4v) is 5.21. The van der Waals surface area contributed by atoms with E-state index in [0.717, 1.165) is 56.1 Å². The Hall–Kier alpha value is -3.16. The van der Waals surface area contributed by atoms with Crippen molar-refractivity contribution in [2.75, 3.05) is 44.7 Å². The molecular weight excluding hydrogens is 428 g/mol. The molecule has 1 N–H and O–H groups in total. The summed E-state index contributed by atoms with van der Waals surface area (Å²) in [5, 5.41) is 2.94. The van der Waals surface area contributed by atoms with Gasteiger partial charge in [0, 0.05) is 44.0 Å². The zero-order valence-electron chi connectivity index (χ0n) is 19.7. The van der Waals surface area contributed by atoms with Gasteiger partial charge in [0.05, 0.1) is 6.04 Å². The van der Waals surface area contributed by atoms with E-state index in [1.165, 1.54) is 0 Å². The van der Waals surface area contributed by atoms with Gasteiger partial charge in [-0.05, 0) is 42.7 Å². The predicted molar refractivity (Wildman–Crippen MR) is 131 cm³/mol. The van der Waals surface area contributed by atoms with Gasteiger partial charge in [0.1, 0.15) is 19.0 Å². The van der Waals surface area contributed by atoms with Crippen molar-refractivity contribution in [3.05, 3.63) is 83.5 Å². The third-order valence-electron chi connectivity index (χ3n) is 6.86. The molecule has 7 nitrogen and oxygen atoms in total. The fraction of sp³-hybridized carbons (Fsp3) is 0.407. The van der Waals surface area contributed by atoms with Gasteiger partial charge in [-0.2, -0.15) is 0 Å². The summed E-state index contributed by atoms with van der Waals surface area (Å²) >= 11 is 0. The van der Waals surface area contributed by atoms with Crippen LogP contribution in [0.4, 0.5) is 5.82 Å². The number of carbonyl (C=O) groups excluding carboxylic acids is 1. The molecule has 1 fully saturated rings. The van der Waals surface area contributed by atoms with E-state index in [9.17, 15) is 4.79 Å². The molecule has 2 unspecified atom stereocenters. The molecule has 2 aliphatic heterocycles. The first-order chi connectivity index (χ1) is 16.7. The number of anilines is 1. The maximum Gasteiger partial charge on any atom is 0.257 e. The monoisotopic (exact) mass is 460 g/mol. The molecule has 3 heterocycles. The number of carbonyl (C=O) groups is 1. The lowest BCUT2D eigenvalue weighted by molar-refractivity contribution is 0.0148. The summed E-state index contributed by atoms with van der Waals surface area (Å²) in [6.45, 7) is 7.24. The summed E-state index contributed by atoms with van der Waals surface area (Å²) < 4.78 is 11.8. The molecule has 0 radical (unpaired) electrons. The number of rotatable bonds is 6. The minimum atomic E-state index is -0.116. The van der Waals surface area contributed by atoms with E-state index in [2.05, 4.69) is 39.2 Å². The molecule has 34 heavy (non-hydrogen) atoms. The zero-order chi connectivity index (χ0) is 23.3. The number of ether oxygens (including phenoxy) is 2. The maximum atomic E-state index is 13.1. The van der Waals surface area contributed by atoms with Gasteiger partial charge in [-0.25, -0.2) is 4.98 Å². The summed E-state index contributed by atoms with van der Waals surface area (Å²) in [6.07, 6.45) is 7.81. The largest absolute Gasteiger partial charge is 0.489 e. The molecule has 0 spiro atoms. The van der Waals surface area contributed by atoms with Gasteiger partial charge in [0.2, 0.25) is 0 Å². The molecule has 178 valence electrons. The first kappa shape index (κ1) is 22.6. The lowest BCUT2D eigenvalue weighted by Gasteiger charge is -2.43. The molecule has 1 saturated heterocycles. The third kappa shape index (κ3) is 4.72. The smallest absolute Gasteiger partial charge is 0.257 e. The number of benzene rings is 1. The minimum Gasteiger partial charge on any atom is -0.489 e. The van der Waals surface area contributed by atoms with Crippen molar-refractivity contribution in [2.45, 2.75) is 31.8 Å². The van der Waals surface area contributed by atoms with E-state index in [1.807, 2.05) is 36.4 Å². The number of amides is 1. The lowest BCUT2D eigenvalue weighted by atomic mass is 9.95. The Bertz CT molecular complexity index is 1060. The number of nitrogens with one attached hydrogen (secondary N) is 1. The third-order valence-corrected chi connectivity index (χ3v) is 6.86. The Kier molecular flexibility index (Phi) is 6.92. The fourth-order valence-electron chi connectivity index (χ4n) is 5.21. The normalized spacial score (nSPS) is 21.9. The summed E-state index contributed by atoms with van der Waals surface area (Å²) in [4.78, 5) is 22.4. The van der Waals surface area contributed by atoms with Crippen molar-refractivity contribution in [3.8, 4) is 0 Å². The van der Waals surface area contributed by atoms with Crippen molar-refractivity contribution in [2.24, 2.45) is 0 Å². The molecule has 7 heteroatoms. The summed E-state index contributed by atoms with van der Waals surface area (Å²) in [5.74, 6) is 2.33. The van der Waals surface area contributed by atoms with Crippen LogP contribution in [0, 0.1) is 0 Å². The van der Waals surface area contributed by atoms with Gasteiger partial charge in [0.15, 0.2) is 11.5 Å². The zero-order valence-corrected chi connectivity index (χ0v) is 19.7. The molecule has 3 aliphatic rings. The Morgan fingerprint density at radius 1 is 1.09 bits per heavy atom. The van der Waals surface area contributed by atoms with E-state index in [-0.39, 0.29) is 18.0 Å². The Morgan fingerprint density at radius 3 is 2.68 bits per heavy atom. The van der Waals surface area contributed by atoms with E-state index < -0.39 is 0 Å². The van der Waals surface area contributed by atoms with Crippen molar-refractivity contribution >= 4 is 11.7 Å². The molecular formula is C27H32N4O3. The highest BCUT2D eigenvalue weighted by Crippen LogP contribution is 2.32. The van der Waals surface area contributed by atoms with Crippen LogP contribution >= 0.6 is 0 Å². The van der Waals surface area contributed by atoms with E-state index in [1.54, 1.807) is 12.3 Å². The number of hydrogen-bond acceptors (Lipinski definition) is 6. The SMILES string of the molecule is CCC(c1ccccc1C(=O)Nc1ccccn1)N1CCN(C2CC=CC3=C2OCCO3)CC1. The van der Waals surface area contributed by atoms with Crippen LogP contribution < -0.4 is 5.32 Å². The molecule has 1 aromatic heterocycles. The molecule has 1 aliphatic carbocycles. The summed E-state index contributed by atoms with van der Waals surface area (Å²) in [7, 11) is 0. The quantitative estimate of drug-likeness (QED) is 0.703. The highest BCUT2D eigenvalue weighted by Gasteiger charge is 2.34. The molecule has 2 aromatic rings. The van der Waals surface area contributed by atoms with Crippen LogP contribution in [0.25, 0.3) is 0 Å². The molecule has 2 atom stereocenters. The predicted octanol–water partition coefficient (Wildman–Crippen LogP) is 3.99. The molecule has 1 aromatic carbocycles. The average Bonchev–Trinajstić information content (AvgIpc) is 2.90. The van der Waals surface area contributed by atoms with Crippen molar-refractivity contribution in [1.82, 2.24) is 14.8 Å². The van der Waals surface area contributed by atoms with Gasteiger partial charge < -0.3 is 14.8 Å². The van der Waals surface area contributed by atoms with Gasteiger partial charge in [0.25, 0.3) is 5.91 Å². The van der Waals surface area contributed by atoms with Crippen LogP contribution in [-0.2, 0) is 9.47 Å². The minimum absolute atomic E-state index is 0.116. The molecule has 1 amide bonds. The van der Waals surface area contributed by atoms with Crippen molar-refractivity contribution < 1.29 is 14.3 Å². The summed E-state index contributed by atoms with van der Waals surface area (Å²) in [5.41, 5.74) is 1.78. The highest BCUT2D eigenvalue weighted by atomic mass is 16.6. The van der Waals surface area contributed by atoms with Crippen molar-refractivity contribution in [3.63, 3.8) is 0 Å². The number of aromatic nitrogens is 1. The first-order valence-electron chi connectivity index (χ1n) is 12.2. The Balaban J connectivity index is 1.28. The van der Waals surface area contributed by atoms with E-state index in [4.69, 9.17) is 9.47 Å². The maximum absolute atomic E-state index is 13.1. The van der Waals surface area contributed by atoms with E-state index >= 15 is 0 Å². The number of hydrogen-bond donors (Lipinski definition) is 1. The molecule has 5 rings (SSSR count). The van der Waals surface area contributed by atoms with Crippen LogP contribution in [0.15, 0.2) is 72.3 Å². The summed E-state index contributed by atoms with van der Waals surface area (Å²) in [6, 6.07) is 13.9. The van der Waals surface area contributed by atoms with Gasteiger partial charge in [-0.3, -0.25) is 14.6 Å². The number of pyridine rings is 1. The topological polar surface area (TPSA) is 66.9 Å². The van der Waals surface area contributed by atoms with Gasteiger partial charge >= 0.3 is 0 Å². The van der Waals surface area contributed by atoms with Crippen LogP contribution in [0.5, 0.6) is 0 Å². The molecule has 0 saturated carbocycles. The van der Waals surface area contributed by atoms with Crippen LogP contribution in [0.1, 0.15) is 41.7 Å². The second-order valence-electron chi connectivity index (χ2n) is 8.83. The average molecular weight is 461 g/mol. The van der Waals surface area contributed by atoms with E-state index in [0.29, 0.717) is 24.6 Å². The Morgan fingerprint density at radius 2 is 1.88 bits per heavy atom. The lowest BCUT2D eigenvalue weighted by Crippen LogP contribution is -2.52. The number of nitrogens with zero attached hydrogens (tertiary/aromatic N) is 3. The number of allylic oxidation sites excluding steroid dienone is 1.